The molecule has 0 amide bonds. The quantitative estimate of drug-likeness (QED) is 0.550. The van der Waals surface area contributed by atoms with Crippen LogP contribution in [0.1, 0.15) is 55.4 Å². The van der Waals surface area contributed by atoms with Crippen molar-refractivity contribution in [1.29, 1.82) is 0 Å². The maximum Gasteiger partial charge on any atom is -0.00954 e. The molecule has 0 nitrogen and oxygen atoms in total. The molecular weight excluding hydrogens is 180 g/mol. The van der Waals surface area contributed by atoms with Crippen molar-refractivity contribution in [2.45, 2.75) is 55.4 Å². The molecule has 0 bridgehead atoms. The third-order valence-electron chi connectivity index (χ3n) is 5.22. The van der Waals surface area contributed by atoms with Gasteiger partial charge in [-0.05, 0) is 28.6 Å². The van der Waals surface area contributed by atoms with Crippen molar-refractivity contribution in [1.82, 2.24) is 0 Å². The molecule has 0 rings (SSSR count). The Labute approximate surface area is 97.2 Å². The molecule has 0 heterocycles. The van der Waals surface area contributed by atoms with Gasteiger partial charge in [-0.15, -0.1) is 6.58 Å². The predicted molar refractivity (Wildman–Crippen MR) is 70.9 cm³/mol. The molecule has 0 saturated heterocycles. The van der Waals surface area contributed by atoms with Gasteiger partial charge in [-0.1, -0.05) is 61.5 Å². The van der Waals surface area contributed by atoms with E-state index in [1.807, 2.05) is 0 Å². The van der Waals surface area contributed by atoms with E-state index in [1.165, 1.54) is 0 Å². The molecule has 0 saturated carbocycles. The van der Waals surface area contributed by atoms with Gasteiger partial charge in [0.15, 0.2) is 0 Å². The second kappa shape index (κ2) is 4.72. The summed E-state index contributed by atoms with van der Waals surface area (Å²) in [7, 11) is 0. The number of allylic oxidation sites excluding steroid dienone is 1. The summed E-state index contributed by atoms with van der Waals surface area (Å²) in [6.45, 7) is 22.8. The fraction of sp³-hybridized carbons (Fsp3) is 0.867. The van der Waals surface area contributed by atoms with Crippen LogP contribution < -0.4 is 0 Å². The fourth-order valence-corrected chi connectivity index (χ4v) is 2.21. The molecule has 90 valence electrons. The van der Waals surface area contributed by atoms with Gasteiger partial charge in [0.25, 0.3) is 0 Å². The lowest BCUT2D eigenvalue weighted by atomic mass is 9.57. The maximum absolute atomic E-state index is 4.05. The van der Waals surface area contributed by atoms with Crippen LogP contribution in [0.5, 0.6) is 0 Å². The third kappa shape index (κ3) is 2.65. The van der Waals surface area contributed by atoms with Crippen molar-refractivity contribution < 1.29 is 0 Å². The molecule has 0 N–H and O–H groups in total. The highest BCUT2D eigenvalue weighted by Crippen LogP contribution is 2.48. The molecule has 0 aliphatic carbocycles. The van der Waals surface area contributed by atoms with Gasteiger partial charge in [-0.25, -0.2) is 0 Å². The first kappa shape index (κ1) is 14.7. The zero-order valence-electron chi connectivity index (χ0n) is 12.0. The van der Waals surface area contributed by atoms with Crippen molar-refractivity contribution in [3.05, 3.63) is 12.7 Å². The maximum atomic E-state index is 4.05. The predicted octanol–water partition coefficient (Wildman–Crippen LogP) is 5.15. The van der Waals surface area contributed by atoms with Gasteiger partial charge < -0.3 is 0 Å². The summed E-state index contributed by atoms with van der Waals surface area (Å²) in [5.41, 5.74) is 0.584. The summed E-state index contributed by atoms with van der Waals surface area (Å²) in [5.74, 6) is 1.98. The molecule has 0 heteroatoms. The van der Waals surface area contributed by atoms with Crippen LogP contribution in [-0.2, 0) is 0 Å². The Balaban J connectivity index is 5.12. The van der Waals surface area contributed by atoms with Crippen molar-refractivity contribution in [2.75, 3.05) is 0 Å². The molecule has 0 aliphatic heterocycles. The molecule has 0 radical (unpaired) electrons. The van der Waals surface area contributed by atoms with Crippen LogP contribution in [0, 0.1) is 28.6 Å². The summed E-state index contributed by atoms with van der Waals surface area (Å²) >= 11 is 0. The smallest absolute Gasteiger partial charge is 0.00954 e. The topological polar surface area (TPSA) is 0 Å². The molecule has 0 aromatic rings. The molecule has 0 aromatic carbocycles. The Morgan fingerprint density at radius 3 is 1.47 bits per heavy atom. The van der Waals surface area contributed by atoms with Crippen molar-refractivity contribution >= 4 is 0 Å². The Bertz CT molecular complexity index is 210. The molecule has 2 atom stereocenters. The van der Waals surface area contributed by atoms with Crippen molar-refractivity contribution in [3.63, 3.8) is 0 Å². The molecule has 15 heavy (non-hydrogen) atoms. The molecule has 0 spiro atoms. The number of rotatable bonds is 5. The van der Waals surface area contributed by atoms with Gasteiger partial charge >= 0.3 is 0 Å². The molecule has 2 unspecified atom stereocenters. The standard InChI is InChI=1S/C15H30/c1-10-15(9,12(4)5)13(6)14(7,8)11(2)3/h10-13H,1H2,2-9H3. The van der Waals surface area contributed by atoms with Gasteiger partial charge in [-0.2, -0.15) is 0 Å². The molecular formula is C15H30. The minimum Gasteiger partial charge on any atom is -0.103 e. The van der Waals surface area contributed by atoms with Gasteiger partial charge in [-0.3, -0.25) is 0 Å². The van der Waals surface area contributed by atoms with E-state index < -0.39 is 0 Å². The van der Waals surface area contributed by atoms with Gasteiger partial charge in [0.1, 0.15) is 0 Å². The minimum atomic E-state index is 0.230. The van der Waals surface area contributed by atoms with E-state index in [4.69, 9.17) is 0 Å². The summed E-state index contributed by atoms with van der Waals surface area (Å²) < 4.78 is 0. The fourth-order valence-electron chi connectivity index (χ4n) is 2.21. The highest BCUT2D eigenvalue weighted by Gasteiger charge is 2.41. The van der Waals surface area contributed by atoms with Crippen molar-refractivity contribution in [2.24, 2.45) is 28.6 Å². The Morgan fingerprint density at radius 1 is 0.867 bits per heavy atom. The summed E-state index contributed by atoms with van der Waals surface area (Å²) in [6, 6.07) is 0. The average Bonchev–Trinajstić information content (AvgIpc) is 2.14. The van der Waals surface area contributed by atoms with E-state index in [2.05, 4.69) is 68.0 Å². The zero-order chi connectivity index (χ0) is 12.4. The lowest BCUT2D eigenvalue weighted by Gasteiger charge is -2.47. The Kier molecular flexibility index (Phi) is 4.64. The monoisotopic (exact) mass is 210 g/mol. The van der Waals surface area contributed by atoms with Crippen LogP contribution in [0.3, 0.4) is 0 Å². The SMILES string of the molecule is C=CC(C)(C(C)C)C(C)C(C)(C)C(C)C. The lowest BCUT2D eigenvalue weighted by Crippen LogP contribution is -2.41. The molecule has 0 aliphatic rings. The van der Waals surface area contributed by atoms with E-state index in [0.29, 0.717) is 23.2 Å². The van der Waals surface area contributed by atoms with Crippen LogP contribution in [0.4, 0.5) is 0 Å². The first-order valence-corrected chi connectivity index (χ1v) is 6.24. The van der Waals surface area contributed by atoms with Crippen LogP contribution >= 0.6 is 0 Å². The van der Waals surface area contributed by atoms with Gasteiger partial charge in [0.05, 0.1) is 0 Å². The van der Waals surface area contributed by atoms with E-state index in [-0.39, 0.29) is 5.41 Å². The number of hydrogen-bond donors (Lipinski definition) is 0. The average molecular weight is 210 g/mol. The lowest BCUT2D eigenvalue weighted by molar-refractivity contribution is 0.0381. The zero-order valence-corrected chi connectivity index (χ0v) is 12.0. The normalized spacial score (nSPS) is 19.1. The third-order valence-corrected chi connectivity index (χ3v) is 5.22. The summed E-state index contributed by atoms with van der Waals surface area (Å²) in [4.78, 5) is 0. The van der Waals surface area contributed by atoms with Crippen LogP contribution in [0.25, 0.3) is 0 Å². The van der Waals surface area contributed by atoms with Gasteiger partial charge in [0.2, 0.25) is 0 Å². The summed E-state index contributed by atoms with van der Waals surface area (Å²) in [5, 5.41) is 0. The van der Waals surface area contributed by atoms with E-state index in [9.17, 15) is 0 Å². The van der Waals surface area contributed by atoms with Crippen LogP contribution in [0.2, 0.25) is 0 Å². The first-order valence-electron chi connectivity index (χ1n) is 6.24. The Hall–Kier alpha value is -0.260. The first-order chi connectivity index (χ1) is 6.60. The second-order valence-electron chi connectivity index (χ2n) is 6.42. The second-order valence-corrected chi connectivity index (χ2v) is 6.42. The van der Waals surface area contributed by atoms with E-state index in [1.54, 1.807) is 0 Å². The summed E-state index contributed by atoms with van der Waals surface area (Å²) in [6.07, 6.45) is 2.16. The molecule has 0 aromatic heterocycles. The number of hydrogen-bond acceptors (Lipinski definition) is 0. The van der Waals surface area contributed by atoms with E-state index in [0.717, 1.165) is 0 Å². The van der Waals surface area contributed by atoms with Crippen LogP contribution in [-0.4, -0.2) is 0 Å². The van der Waals surface area contributed by atoms with Gasteiger partial charge in [0, 0.05) is 0 Å². The Morgan fingerprint density at radius 2 is 1.27 bits per heavy atom. The highest BCUT2D eigenvalue weighted by atomic mass is 14.5. The van der Waals surface area contributed by atoms with Crippen LogP contribution in [0.15, 0.2) is 12.7 Å². The molecule has 0 fully saturated rings. The minimum absolute atomic E-state index is 0.230. The largest absolute Gasteiger partial charge is 0.103 e. The van der Waals surface area contributed by atoms with E-state index >= 15 is 0 Å². The van der Waals surface area contributed by atoms with Crippen molar-refractivity contribution in [3.8, 4) is 0 Å². The highest BCUT2D eigenvalue weighted by molar-refractivity contribution is 5.01.